The molecule has 1 aromatic heterocycles. The van der Waals surface area contributed by atoms with Crippen LogP contribution in [0.4, 0.5) is 11.4 Å². The first kappa shape index (κ1) is 12.9. The third-order valence-corrected chi connectivity index (χ3v) is 5.28. The second kappa shape index (κ2) is 8.66. The van der Waals surface area contributed by atoms with Crippen LogP contribution in [0.5, 0.6) is 5.75 Å². The third-order valence-electron chi connectivity index (χ3n) is 5.28. The molecule has 3 amide bonds. The number of primary amides is 1. The van der Waals surface area contributed by atoms with Gasteiger partial charge >= 0.3 is 0 Å². The Balaban J connectivity index is 1.65. The van der Waals surface area contributed by atoms with Gasteiger partial charge in [-0.3, -0.25) is 14.4 Å². The number of nitrogens with two attached hydrogens (primary N) is 1. The fourth-order valence-electron chi connectivity index (χ4n) is 3.66. The van der Waals surface area contributed by atoms with Gasteiger partial charge in [-0.1, -0.05) is 0 Å². The molecule has 2 aliphatic rings. The van der Waals surface area contributed by atoms with Crippen molar-refractivity contribution >= 4 is 29.1 Å². The number of amides is 3. The molecule has 0 bridgehead atoms. The molecule has 34 heavy (non-hydrogen) atoms. The van der Waals surface area contributed by atoms with Gasteiger partial charge in [0.25, 0.3) is 11.8 Å². The molecule has 2 aromatic carbocycles. The van der Waals surface area contributed by atoms with Crippen molar-refractivity contribution in [1.82, 2.24) is 9.78 Å². The summed E-state index contributed by atoms with van der Waals surface area (Å²) in [5.74, 6) is -3.58. The van der Waals surface area contributed by atoms with Crippen molar-refractivity contribution in [3.8, 4) is 11.4 Å². The lowest BCUT2D eigenvalue weighted by atomic mass is 10.0. The van der Waals surface area contributed by atoms with Crippen LogP contribution in [-0.4, -0.2) is 47.7 Å². The van der Waals surface area contributed by atoms with Crippen LogP contribution in [0.25, 0.3) is 5.69 Å². The summed E-state index contributed by atoms with van der Waals surface area (Å²) in [6.07, 6.45) is -5.31. The molecule has 9 heteroatoms. The highest BCUT2D eigenvalue weighted by molar-refractivity contribution is 6.09. The fourth-order valence-corrected chi connectivity index (χ4v) is 3.66. The number of piperidine rings is 1. The van der Waals surface area contributed by atoms with E-state index in [-0.39, 0.29) is 30.0 Å². The van der Waals surface area contributed by atoms with E-state index in [9.17, 15) is 14.4 Å². The second-order valence-electron chi connectivity index (χ2n) is 7.29. The van der Waals surface area contributed by atoms with Crippen molar-refractivity contribution in [2.75, 3.05) is 30.0 Å². The van der Waals surface area contributed by atoms with E-state index in [4.69, 9.17) is 24.2 Å². The van der Waals surface area contributed by atoms with Gasteiger partial charge in [0.2, 0.25) is 5.91 Å². The maximum Gasteiger partial charge on any atom is 0.277 e. The van der Waals surface area contributed by atoms with E-state index in [2.05, 4.69) is 5.10 Å². The highest BCUT2D eigenvalue weighted by Gasteiger charge is 2.34. The molecule has 5 rings (SSSR count). The number of hydrogen-bond donors (Lipinski definition) is 1. The zero-order valence-corrected chi connectivity index (χ0v) is 17.9. The van der Waals surface area contributed by atoms with Crippen LogP contribution in [0.1, 0.15) is 59.5 Å². The summed E-state index contributed by atoms with van der Waals surface area (Å²) in [4.78, 5) is 40.8. The minimum Gasteiger partial charge on any atom is -0.497 e. The Morgan fingerprint density at radius 3 is 2.35 bits per heavy atom. The zero-order chi connectivity index (χ0) is 32.7. The van der Waals surface area contributed by atoms with Gasteiger partial charge in [-0.15, -0.1) is 0 Å². The van der Waals surface area contributed by atoms with E-state index in [1.54, 1.807) is 0 Å². The number of hydrogen-bond acceptors (Lipinski definition) is 5. The molecular weight excluding hydrogens is 434 g/mol. The minimum atomic E-state index is -2.47. The van der Waals surface area contributed by atoms with Gasteiger partial charge in [0.05, 0.1) is 18.3 Å². The van der Waals surface area contributed by atoms with Crippen LogP contribution in [0.15, 0.2) is 48.4 Å². The van der Waals surface area contributed by atoms with Gasteiger partial charge in [-0.05, 0) is 67.6 Å². The Morgan fingerprint density at radius 1 is 1.03 bits per heavy atom. The monoisotopic (exact) mass is 469 g/mol. The van der Waals surface area contributed by atoms with Crippen molar-refractivity contribution in [3.63, 3.8) is 0 Å². The number of ether oxygens (including phenoxy) is 1. The van der Waals surface area contributed by atoms with Crippen molar-refractivity contribution in [2.45, 2.75) is 25.6 Å². The largest absolute Gasteiger partial charge is 0.497 e. The number of carbonyl (C=O) groups is 3. The Hall–Kier alpha value is -4.14. The van der Waals surface area contributed by atoms with Gasteiger partial charge in [0.15, 0.2) is 5.69 Å². The Labute approximate surface area is 210 Å². The average Bonchev–Trinajstić information content (AvgIpc) is 3.36. The summed E-state index contributed by atoms with van der Waals surface area (Å²) >= 11 is 0. The quantitative estimate of drug-likeness (QED) is 0.618. The SMILES string of the molecule is [2H]c1c([2H])c(-n2nc(C(N)=O)c3c2C(=O)N(c2ccc(N4C(=O)C([2H])([2H])CCC4([2H])[2H])cc2)CC3([2H])[2H])c([2H])c([2H])c1OC. The van der Waals surface area contributed by atoms with Gasteiger partial charge in [0, 0.05) is 44.6 Å². The summed E-state index contributed by atoms with van der Waals surface area (Å²) < 4.78 is 88.9. The van der Waals surface area contributed by atoms with E-state index >= 15 is 0 Å². The molecular formula is C25H25N5O4. The van der Waals surface area contributed by atoms with Crippen molar-refractivity contribution in [2.24, 2.45) is 5.73 Å². The molecule has 174 valence electrons. The zero-order valence-electron chi connectivity index (χ0n) is 27.9. The predicted octanol–water partition coefficient (Wildman–Crippen LogP) is 2.70. The Kier molecular flexibility index (Phi) is 3.29. The highest BCUT2D eigenvalue weighted by atomic mass is 16.5. The van der Waals surface area contributed by atoms with Crippen LogP contribution in [0, 0.1) is 0 Å². The molecule has 1 fully saturated rings. The maximum atomic E-state index is 14.0. The molecule has 3 heterocycles. The van der Waals surface area contributed by atoms with E-state index < -0.39 is 90.3 Å². The standard InChI is InChI=1S/C25H25N5O4/c1-34-19-11-9-18(10-12-19)30-23-20(22(27-30)24(26)32)13-15-29(25(23)33)17-7-5-16(6-8-17)28-14-3-2-4-21(28)31/h5-12H,2-4,13-15H2,1H3,(H2,26,32)/i4D2,9D,10D,11D,12D,13D2,14D2. The number of carbonyl (C=O) groups excluding carboxylic acids is 3. The van der Waals surface area contributed by atoms with Crippen molar-refractivity contribution < 1.29 is 32.8 Å². The molecule has 2 N–H and O–H groups in total. The number of nitrogens with zero attached hydrogens (tertiary/aromatic N) is 4. The van der Waals surface area contributed by atoms with Crippen LogP contribution in [0.3, 0.4) is 0 Å². The highest BCUT2D eigenvalue weighted by Crippen LogP contribution is 2.31. The normalized spacial score (nSPS) is 24.6. The molecule has 0 saturated carbocycles. The lowest BCUT2D eigenvalue weighted by Gasteiger charge is -2.29. The lowest BCUT2D eigenvalue weighted by molar-refractivity contribution is -0.119. The first-order valence-electron chi connectivity index (χ1n) is 15.2. The lowest BCUT2D eigenvalue weighted by Crippen LogP contribution is -2.39. The molecule has 0 radical (unpaired) electrons. The number of benzene rings is 2. The third kappa shape index (κ3) is 3.68. The van der Waals surface area contributed by atoms with Gasteiger partial charge in [0.1, 0.15) is 11.4 Å². The molecule has 9 nitrogen and oxygen atoms in total. The Bertz CT molecular complexity index is 1710. The number of aromatic nitrogens is 2. The van der Waals surface area contributed by atoms with Crippen molar-refractivity contribution in [3.05, 3.63) is 65.4 Å². The van der Waals surface area contributed by atoms with Gasteiger partial charge < -0.3 is 20.3 Å². The van der Waals surface area contributed by atoms with Gasteiger partial charge in [-0.25, -0.2) is 4.68 Å². The van der Waals surface area contributed by atoms with E-state index in [0.717, 1.165) is 12.0 Å². The number of anilines is 2. The topological polar surface area (TPSA) is 111 Å². The number of rotatable bonds is 5. The van der Waals surface area contributed by atoms with Crippen molar-refractivity contribution in [1.29, 1.82) is 0 Å². The first-order chi connectivity index (χ1) is 20.4. The minimum absolute atomic E-state index is 0.00317. The van der Waals surface area contributed by atoms with Crippen LogP contribution in [-0.2, 0) is 11.2 Å². The van der Waals surface area contributed by atoms with Crippen LogP contribution in [0.2, 0.25) is 0 Å². The summed E-state index contributed by atoms with van der Waals surface area (Å²) in [6.45, 7) is -2.84. The molecule has 0 aliphatic carbocycles. The Morgan fingerprint density at radius 2 is 1.71 bits per heavy atom. The first-order valence-corrected chi connectivity index (χ1v) is 10.2. The van der Waals surface area contributed by atoms with Crippen LogP contribution < -0.4 is 20.3 Å². The molecule has 2 aliphatic heterocycles. The summed E-state index contributed by atoms with van der Waals surface area (Å²) in [5, 5.41) is 3.99. The molecule has 0 unspecified atom stereocenters. The van der Waals surface area contributed by atoms with Gasteiger partial charge in [-0.2, -0.15) is 5.10 Å². The summed E-state index contributed by atoms with van der Waals surface area (Å²) in [6, 6.07) is 2.60. The fraction of sp³-hybridized carbons (Fsp3) is 0.280. The molecule has 0 spiro atoms. The summed E-state index contributed by atoms with van der Waals surface area (Å²) in [5.41, 5.74) is 3.30. The maximum absolute atomic E-state index is 14.0. The van der Waals surface area contributed by atoms with E-state index in [0.29, 0.717) is 9.58 Å². The molecule has 1 saturated heterocycles. The smallest absolute Gasteiger partial charge is 0.277 e. The number of methoxy groups -OCH3 is 1. The van der Waals surface area contributed by atoms with E-state index in [1.165, 1.54) is 24.3 Å². The second-order valence-corrected chi connectivity index (χ2v) is 7.29. The predicted molar refractivity (Wildman–Crippen MR) is 127 cm³/mol. The van der Waals surface area contributed by atoms with Crippen LogP contribution >= 0.6 is 0 Å². The molecule has 3 aromatic rings. The summed E-state index contributed by atoms with van der Waals surface area (Å²) in [7, 11) is 1.15. The average molecular weight is 470 g/mol. The van der Waals surface area contributed by atoms with E-state index in [1.807, 2.05) is 0 Å². The number of fused-ring (bicyclic) bond motifs is 1. The molecule has 0 atom stereocenters.